The van der Waals surface area contributed by atoms with E-state index in [-0.39, 0.29) is 0 Å². The van der Waals surface area contributed by atoms with Gasteiger partial charge in [0.2, 0.25) is 29.5 Å². The number of aliphatic carboxylic acids is 2. The number of hydrogen-bond donors (Lipinski definition) is 8. The van der Waals surface area contributed by atoms with Gasteiger partial charge in [-0.05, 0) is 0 Å². The van der Waals surface area contributed by atoms with Gasteiger partial charge in [-0.2, -0.15) is 0 Å². The van der Waals surface area contributed by atoms with Gasteiger partial charge in [-0.3, -0.25) is 33.6 Å². The fraction of sp³-hybridized carbons (Fsp3) is 0.500. The number of primary amides is 2. The summed E-state index contributed by atoms with van der Waals surface area (Å²) in [6, 6.07) is -4.83. The van der Waals surface area contributed by atoms with Crippen LogP contribution in [0.1, 0.15) is 19.3 Å². The van der Waals surface area contributed by atoms with Gasteiger partial charge in [0.1, 0.15) is 18.6 Å². The summed E-state index contributed by atoms with van der Waals surface area (Å²) in [4.78, 5) is 79.6. The number of carboxylic acids is 2. The molecule has 3 unspecified atom stereocenters. The number of nitrogens with one attached hydrogen (secondary N) is 3. The van der Waals surface area contributed by atoms with Gasteiger partial charge in [0.25, 0.3) is 0 Å². The van der Waals surface area contributed by atoms with E-state index < -0.39 is 85.4 Å². The molecule has 0 saturated carbocycles. The highest BCUT2D eigenvalue weighted by Gasteiger charge is 2.30. The van der Waals surface area contributed by atoms with Crippen molar-refractivity contribution in [1.29, 1.82) is 0 Å². The zero-order valence-electron chi connectivity index (χ0n) is 15.0. The average Bonchev–Trinajstić information content (AvgIpc) is 2.56. The minimum absolute atomic E-state index is 0.574. The lowest BCUT2D eigenvalue weighted by Crippen LogP contribution is -2.57. The molecule has 0 saturated heterocycles. The molecular weight excluding hydrogens is 396 g/mol. The zero-order chi connectivity index (χ0) is 22.7. The molecule has 0 bridgehead atoms. The van der Waals surface area contributed by atoms with Crippen molar-refractivity contribution in [3.63, 3.8) is 0 Å². The Kier molecular flexibility index (Phi) is 10.3. The molecule has 0 aliphatic rings. The molecule has 0 fully saturated rings. The smallest absolute Gasteiger partial charge is 0.322 e. The van der Waals surface area contributed by atoms with Crippen molar-refractivity contribution in [2.75, 3.05) is 6.54 Å². The lowest BCUT2D eigenvalue weighted by atomic mass is 10.1. The molecule has 0 aromatic heterocycles. The Morgan fingerprint density at radius 3 is 1.62 bits per heavy atom. The standard InChI is InChI=1S/C14H22N6O9/c15-5(1-8(16)21)12(27)19-7(3-10(23)24)14(29)20-6(2-9(17)22)13(28)18-4-11(25)26/h5-7H,1-4,15H2,(H2,16,21)(H2,17,22)(H,18,28)(H,19,27)(H,20,29)(H,23,24)(H,25,26). The quantitative estimate of drug-likeness (QED) is 0.141. The third-order valence-corrected chi connectivity index (χ3v) is 3.22. The summed E-state index contributed by atoms with van der Waals surface area (Å²) in [5.74, 6) is -8.18. The van der Waals surface area contributed by atoms with Gasteiger partial charge in [-0.15, -0.1) is 0 Å². The number of carboxylic acid groups (broad SMARTS) is 2. The van der Waals surface area contributed by atoms with Crippen molar-refractivity contribution in [3.05, 3.63) is 0 Å². The van der Waals surface area contributed by atoms with E-state index in [1.54, 1.807) is 0 Å². The van der Waals surface area contributed by atoms with Crippen LogP contribution < -0.4 is 33.2 Å². The van der Waals surface area contributed by atoms with Gasteiger partial charge in [0.05, 0.1) is 25.3 Å². The van der Waals surface area contributed by atoms with E-state index in [2.05, 4.69) is 0 Å². The fourth-order valence-electron chi connectivity index (χ4n) is 1.94. The Morgan fingerprint density at radius 2 is 1.17 bits per heavy atom. The van der Waals surface area contributed by atoms with E-state index in [4.69, 9.17) is 27.4 Å². The van der Waals surface area contributed by atoms with Gasteiger partial charge in [-0.1, -0.05) is 0 Å². The number of carbonyl (C=O) groups is 7. The van der Waals surface area contributed by atoms with Crippen molar-refractivity contribution in [1.82, 2.24) is 16.0 Å². The molecular formula is C14H22N6O9. The number of hydrogen-bond acceptors (Lipinski definition) is 8. The van der Waals surface area contributed by atoms with Crippen LogP contribution >= 0.6 is 0 Å². The Labute approximate surface area is 163 Å². The summed E-state index contributed by atoms with van der Waals surface area (Å²) >= 11 is 0. The molecule has 0 aliphatic carbocycles. The van der Waals surface area contributed by atoms with Crippen LogP contribution in [0.25, 0.3) is 0 Å². The molecule has 5 amide bonds. The summed E-state index contributed by atoms with van der Waals surface area (Å²) < 4.78 is 0. The topological polar surface area (TPSA) is 274 Å². The maximum atomic E-state index is 12.3. The lowest BCUT2D eigenvalue weighted by Gasteiger charge is -2.22. The number of carbonyl (C=O) groups excluding carboxylic acids is 5. The van der Waals surface area contributed by atoms with E-state index in [9.17, 15) is 33.6 Å². The molecule has 0 aliphatic heterocycles. The molecule has 0 aromatic carbocycles. The number of amides is 5. The van der Waals surface area contributed by atoms with Crippen LogP contribution in [0.5, 0.6) is 0 Å². The maximum Gasteiger partial charge on any atom is 0.322 e. The second-order valence-electron chi connectivity index (χ2n) is 5.78. The first-order valence-electron chi connectivity index (χ1n) is 7.97. The van der Waals surface area contributed by atoms with Crippen molar-refractivity contribution in [3.8, 4) is 0 Å². The molecule has 29 heavy (non-hydrogen) atoms. The Bertz CT molecular complexity index is 695. The van der Waals surface area contributed by atoms with Crippen molar-refractivity contribution < 1.29 is 43.8 Å². The van der Waals surface area contributed by atoms with Crippen LogP contribution in [0, 0.1) is 0 Å². The summed E-state index contributed by atoms with van der Waals surface area (Å²) in [5, 5.41) is 23.4. The molecule has 162 valence electrons. The zero-order valence-corrected chi connectivity index (χ0v) is 15.0. The van der Waals surface area contributed by atoms with Crippen LogP contribution in [0.2, 0.25) is 0 Å². The van der Waals surface area contributed by atoms with Crippen molar-refractivity contribution in [2.24, 2.45) is 17.2 Å². The van der Waals surface area contributed by atoms with Crippen LogP contribution in [0.3, 0.4) is 0 Å². The maximum absolute atomic E-state index is 12.3. The van der Waals surface area contributed by atoms with Crippen LogP contribution in [0.4, 0.5) is 0 Å². The summed E-state index contributed by atoms with van der Waals surface area (Å²) in [6.45, 7) is -0.818. The Hall–Kier alpha value is -3.75. The predicted octanol–water partition coefficient (Wildman–Crippen LogP) is -5.29. The first-order valence-corrected chi connectivity index (χ1v) is 7.97. The van der Waals surface area contributed by atoms with E-state index in [1.165, 1.54) is 0 Å². The molecule has 15 heteroatoms. The Morgan fingerprint density at radius 1 is 0.690 bits per heavy atom. The van der Waals surface area contributed by atoms with Gasteiger partial charge in [-0.25, -0.2) is 0 Å². The van der Waals surface area contributed by atoms with Gasteiger partial charge in [0, 0.05) is 0 Å². The first kappa shape index (κ1) is 25.2. The molecule has 0 heterocycles. The third-order valence-electron chi connectivity index (χ3n) is 3.22. The number of nitrogens with two attached hydrogens (primary N) is 3. The van der Waals surface area contributed by atoms with E-state index in [0.29, 0.717) is 0 Å². The first-order chi connectivity index (χ1) is 13.3. The summed E-state index contributed by atoms with van der Waals surface area (Å²) in [6.07, 6.45) is -2.23. The largest absolute Gasteiger partial charge is 0.481 e. The van der Waals surface area contributed by atoms with Gasteiger partial charge >= 0.3 is 11.9 Å². The second-order valence-corrected chi connectivity index (χ2v) is 5.78. The second kappa shape index (κ2) is 11.9. The minimum atomic E-state index is -1.73. The Balaban J connectivity index is 5.30. The fourth-order valence-corrected chi connectivity index (χ4v) is 1.94. The normalized spacial score (nSPS) is 13.3. The highest BCUT2D eigenvalue weighted by Crippen LogP contribution is 2.00. The molecule has 3 atom stereocenters. The van der Waals surface area contributed by atoms with E-state index in [1.807, 2.05) is 16.0 Å². The molecule has 0 spiro atoms. The molecule has 0 radical (unpaired) electrons. The number of rotatable bonds is 13. The van der Waals surface area contributed by atoms with Crippen LogP contribution in [-0.2, 0) is 33.6 Å². The molecule has 15 nitrogen and oxygen atoms in total. The molecule has 0 aromatic rings. The van der Waals surface area contributed by atoms with E-state index >= 15 is 0 Å². The average molecular weight is 418 g/mol. The van der Waals surface area contributed by atoms with Crippen molar-refractivity contribution in [2.45, 2.75) is 37.4 Å². The molecule has 0 rings (SSSR count). The molecule has 11 N–H and O–H groups in total. The van der Waals surface area contributed by atoms with Crippen LogP contribution in [0.15, 0.2) is 0 Å². The van der Waals surface area contributed by atoms with Gasteiger partial charge in [0.15, 0.2) is 0 Å². The summed E-state index contributed by atoms with van der Waals surface area (Å²) in [5.41, 5.74) is 15.3. The van der Waals surface area contributed by atoms with Gasteiger partial charge < -0.3 is 43.4 Å². The highest BCUT2D eigenvalue weighted by molar-refractivity contribution is 5.97. The van der Waals surface area contributed by atoms with Crippen LogP contribution in [-0.4, -0.2) is 76.4 Å². The van der Waals surface area contributed by atoms with E-state index in [0.717, 1.165) is 0 Å². The highest BCUT2D eigenvalue weighted by atomic mass is 16.4. The summed E-state index contributed by atoms with van der Waals surface area (Å²) in [7, 11) is 0. The third kappa shape index (κ3) is 10.9. The predicted molar refractivity (Wildman–Crippen MR) is 92.4 cm³/mol. The monoisotopic (exact) mass is 418 g/mol. The minimum Gasteiger partial charge on any atom is -0.481 e. The van der Waals surface area contributed by atoms with Crippen molar-refractivity contribution >= 4 is 41.5 Å². The lowest BCUT2D eigenvalue weighted by molar-refractivity contribution is -0.142. The SMILES string of the molecule is NC(=O)CC(N)C(=O)NC(CC(=O)O)C(=O)NC(CC(N)=O)C(=O)NCC(=O)O.